The van der Waals surface area contributed by atoms with Gasteiger partial charge < -0.3 is 10.1 Å². The van der Waals surface area contributed by atoms with Gasteiger partial charge in [-0.25, -0.2) is 0 Å². The Kier molecular flexibility index (Phi) is 5.69. The predicted molar refractivity (Wildman–Crippen MR) is 80.1 cm³/mol. The zero-order valence-corrected chi connectivity index (χ0v) is 13.0. The van der Waals surface area contributed by atoms with Crippen LogP contribution < -0.4 is 10.1 Å². The normalized spacial score (nSPS) is 18.2. The third-order valence-electron chi connectivity index (χ3n) is 4.08. The molecule has 1 fully saturated rings. The van der Waals surface area contributed by atoms with Crippen molar-refractivity contribution in [2.24, 2.45) is 0 Å². The van der Waals surface area contributed by atoms with E-state index in [9.17, 15) is 13.2 Å². The van der Waals surface area contributed by atoms with E-state index in [0.29, 0.717) is 5.56 Å². The van der Waals surface area contributed by atoms with E-state index in [-0.39, 0.29) is 11.8 Å². The first-order valence-electron chi connectivity index (χ1n) is 7.67. The number of halogens is 3. The zero-order valence-electron chi connectivity index (χ0n) is 13.0. The molecule has 1 atom stereocenters. The number of alkyl halides is 3. The Hall–Kier alpha value is -1.27. The molecule has 0 saturated carbocycles. The molecular formula is C16H23F3N2O. The second kappa shape index (κ2) is 7.33. The topological polar surface area (TPSA) is 24.5 Å². The minimum atomic E-state index is -4.37. The molecule has 1 aliphatic heterocycles. The van der Waals surface area contributed by atoms with Crippen molar-refractivity contribution in [3.05, 3.63) is 29.3 Å². The van der Waals surface area contributed by atoms with E-state index in [1.54, 1.807) is 12.1 Å². The molecule has 124 valence electrons. The Labute approximate surface area is 129 Å². The maximum absolute atomic E-state index is 13.4. The van der Waals surface area contributed by atoms with Gasteiger partial charge in [-0.15, -0.1) is 0 Å². The van der Waals surface area contributed by atoms with Crippen molar-refractivity contribution in [3.63, 3.8) is 0 Å². The van der Waals surface area contributed by atoms with E-state index in [2.05, 4.69) is 10.2 Å². The molecule has 0 radical (unpaired) electrons. The molecule has 1 aromatic carbocycles. The highest BCUT2D eigenvalue weighted by atomic mass is 19.4. The summed E-state index contributed by atoms with van der Waals surface area (Å²) in [6, 6.07) is 4.11. The molecule has 2 rings (SSSR count). The maximum Gasteiger partial charge on any atom is 0.416 e. The number of nitrogens with zero attached hydrogens (tertiary/aromatic N) is 1. The third kappa shape index (κ3) is 3.93. The van der Waals surface area contributed by atoms with Gasteiger partial charge in [0.05, 0.1) is 12.7 Å². The number of benzene rings is 1. The van der Waals surface area contributed by atoms with Crippen molar-refractivity contribution >= 4 is 0 Å². The van der Waals surface area contributed by atoms with Crippen molar-refractivity contribution < 1.29 is 17.9 Å². The van der Waals surface area contributed by atoms with Crippen LogP contribution >= 0.6 is 0 Å². The van der Waals surface area contributed by atoms with Crippen LogP contribution in [0.5, 0.6) is 5.75 Å². The van der Waals surface area contributed by atoms with Crippen LogP contribution in [0.25, 0.3) is 0 Å². The summed E-state index contributed by atoms with van der Waals surface area (Å²) in [7, 11) is 1.38. The number of rotatable bonds is 5. The number of methoxy groups -OCH3 is 1. The van der Waals surface area contributed by atoms with Crippen molar-refractivity contribution in [1.29, 1.82) is 0 Å². The van der Waals surface area contributed by atoms with Gasteiger partial charge in [-0.05, 0) is 24.1 Å². The van der Waals surface area contributed by atoms with Crippen LogP contribution in [0, 0.1) is 0 Å². The largest absolute Gasteiger partial charge is 0.497 e. The van der Waals surface area contributed by atoms with Crippen LogP contribution in [0.1, 0.15) is 36.9 Å². The summed E-state index contributed by atoms with van der Waals surface area (Å²) < 4.78 is 45.3. The molecule has 0 aromatic heterocycles. The van der Waals surface area contributed by atoms with Crippen molar-refractivity contribution in [2.45, 2.75) is 32.0 Å². The van der Waals surface area contributed by atoms with Gasteiger partial charge in [-0.2, -0.15) is 13.2 Å². The molecule has 1 aliphatic rings. The van der Waals surface area contributed by atoms with Gasteiger partial charge in [0.1, 0.15) is 5.75 Å². The van der Waals surface area contributed by atoms with Crippen LogP contribution in [-0.4, -0.2) is 38.2 Å². The smallest absolute Gasteiger partial charge is 0.416 e. The van der Waals surface area contributed by atoms with Crippen molar-refractivity contribution in [3.8, 4) is 5.75 Å². The lowest BCUT2D eigenvalue weighted by Gasteiger charge is -2.36. The molecule has 0 spiro atoms. The highest BCUT2D eigenvalue weighted by Gasteiger charge is 2.37. The minimum Gasteiger partial charge on any atom is -0.497 e. The first-order chi connectivity index (χ1) is 10.5. The molecular weight excluding hydrogens is 293 g/mol. The molecule has 3 nitrogen and oxygen atoms in total. The molecule has 1 N–H and O–H groups in total. The summed E-state index contributed by atoms with van der Waals surface area (Å²) in [5.41, 5.74) is -0.221. The van der Waals surface area contributed by atoms with Gasteiger partial charge in [-0.3, -0.25) is 4.90 Å². The highest BCUT2D eigenvalue weighted by Crippen LogP contribution is 2.39. The molecule has 0 bridgehead atoms. The van der Waals surface area contributed by atoms with Gasteiger partial charge in [0, 0.05) is 32.2 Å². The van der Waals surface area contributed by atoms with E-state index in [1.165, 1.54) is 7.11 Å². The van der Waals surface area contributed by atoms with Gasteiger partial charge in [-0.1, -0.05) is 19.4 Å². The van der Waals surface area contributed by atoms with E-state index >= 15 is 0 Å². The molecule has 0 unspecified atom stereocenters. The molecule has 22 heavy (non-hydrogen) atoms. The quantitative estimate of drug-likeness (QED) is 0.900. The molecule has 0 amide bonds. The minimum absolute atomic E-state index is 0.199. The lowest BCUT2D eigenvalue weighted by molar-refractivity contribution is -0.139. The number of hydrogen-bond acceptors (Lipinski definition) is 3. The van der Waals surface area contributed by atoms with Gasteiger partial charge >= 0.3 is 6.18 Å². The molecule has 1 heterocycles. The Morgan fingerprint density at radius 3 is 2.50 bits per heavy atom. The van der Waals surface area contributed by atoms with Gasteiger partial charge in [0.15, 0.2) is 0 Å². The van der Waals surface area contributed by atoms with Crippen molar-refractivity contribution in [1.82, 2.24) is 10.2 Å². The summed E-state index contributed by atoms with van der Waals surface area (Å²) in [5, 5.41) is 3.24. The van der Waals surface area contributed by atoms with E-state index < -0.39 is 11.7 Å². The van der Waals surface area contributed by atoms with E-state index in [0.717, 1.165) is 45.1 Å². The summed E-state index contributed by atoms with van der Waals surface area (Å²) in [4.78, 5) is 2.15. The van der Waals surface area contributed by atoms with E-state index in [1.807, 2.05) is 6.92 Å². The monoisotopic (exact) mass is 316 g/mol. The summed E-state index contributed by atoms with van der Waals surface area (Å²) in [6.45, 7) is 5.18. The average molecular weight is 316 g/mol. The Bertz CT molecular complexity index is 485. The zero-order chi connectivity index (χ0) is 16.2. The lowest BCUT2D eigenvalue weighted by atomic mass is 9.94. The first-order valence-corrected chi connectivity index (χ1v) is 7.67. The summed E-state index contributed by atoms with van der Waals surface area (Å²) in [6.07, 6.45) is -2.81. The van der Waals surface area contributed by atoms with Gasteiger partial charge in [0.2, 0.25) is 0 Å². The molecule has 6 heteroatoms. The lowest BCUT2D eigenvalue weighted by Crippen LogP contribution is -2.45. The predicted octanol–water partition coefficient (Wildman–Crippen LogP) is 3.46. The number of nitrogens with one attached hydrogen (secondary N) is 1. The average Bonchev–Trinajstić information content (AvgIpc) is 2.52. The first kappa shape index (κ1) is 17.1. The maximum atomic E-state index is 13.4. The highest BCUT2D eigenvalue weighted by molar-refractivity contribution is 5.39. The fourth-order valence-electron chi connectivity index (χ4n) is 3.00. The van der Waals surface area contributed by atoms with Crippen LogP contribution in [-0.2, 0) is 6.18 Å². The van der Waals surface area contributed by atoms with Crippen LogP contribution in [0.4, 0.5) is 13.2 Å². The van der Waals surface area contributed by atoms with Crippen molar-refractivity contribution in [2.75, 3.05) is 33.3 Å². The third-order valence-corrected chi connectivity index (χ3v) is 4.08. The number of hydrogen-bond donors (Lipinski definition) is 1. The van der Waals surface area contributed by atoms with Crippen LogP contribution in [0.3, 0.4) is 0 Å². The van der Waals surface area contributed by atoms with Crippen LogP contribution in [0.2, 0.25) is 0 Å². The second-order valence-corrected chi connectivity index (χ2v) is 5.54. The van der Waals surface area contributed by atoms with Gasteiger partial charge in [0.25, 0.3) is 0 Å². The fourth-order valence-corrected chi connectivity index (χ4v) is 3.00. The Morgan fingerprint density at radius 1 is 1.27 bits per heavy atom. The summed E-state index contributed by atoms with van der Waals surface area (Å²) >= 11 is 0. The molecule has 1 aromatic rings. The second-order valence-electron chi connectivity index (χ2n) is 5.54. The number of piperazine rings is 1. The fraction of sp³-hybridized carbons (Fsp3) is 0.625. The van der Waals surface area contributed by atoms with E-state index in [4.69, 9.17) is 4.74 Å². The summed E-state index contributed by atoms with van der Waals surface area (Å²) in [5.74, 6) is 0.242. The Morgan fingerprint density at radius 2 is 1.95 bits per heavy atom. The standard InChI is InChI=1S/C16H23F3N2O/c1-3-4-15(21-9-7-20-8-10-21)13-6-5-12(22-2)11-14(13)16(17,18)19/h5-6,11,15,20H,3-4,7-10H2,1-2H3/t15-/m0/s1. The molecule has 1 saturated heterocycles. The molecule has 0 aliphatic carbocycles. The Balaban J connectivity index is 2.41. The SMILES string of the molecule is CCC[C@@H](c1ccc(OC)cc1C(F)(F)F)N1CCNCC1. The number of ether oxygens (including phenoxy) is 1. The van der Waals surface area contributed by atoms with Crippen LogP contribution in [0.15, 0.2) is 18.2 Å².